The Hall–Kier alpha value is -3.13. The van der Waals surface area contributed by atoms with Gasteiger partial charge in [0.1, 0.15) is 5.58 Å². The van der Waals surface area contributed by atoms with Gasteiger partial charge >= 0.3 is 5.63 Å². The summed E-state index contributed by atoms with van der Waals surface area (Å²) in [5, 5.41) is 2.96. The van der Waals surface area contributed by atoms with Gasteiger partial charge in [-0.3, -0.25) is 0 Å². The van der Waals surface area contributed by atoms with Crippen LogP contribution in [0.1, 0.15) is 11.1 Å². The first-order valence-electron chi connectivity index (χ1n) is 7.50. The van der Waals surface area contributed by atoms with Crippen molar-refractivity contribution in [3.63, 3.8) is 0 Å². The quantitative estimate of drug-likeness (QED) is 0.380. The van der Waals surface area contributed by atoms with Crippen LogP contribution >= 0.6 is 0 Å². The zero-order valence-electron chi connectivity index (χ0n) is 12.4. The molecule has 0 fully saturated rings. The van der Waals surface area contributed by atoms with Gasteiger partial charge in [-0.15, -0.1) is 0 Å². The molecule has 110 valence electrons. The highest BCUT2D eigenvalue weighted by Gasteiger charge is 2.07. The van der Waals surface area contributed by atoms with E-state index in [0.717, 1.165) is 27.3 Å². The largest absolute Gasteiger partial charge is 0.422 e. The molecule has 0 radical (unpaired) electrons. The van der Waals surface area contributed by atoms with E-state index in [4.69, 9.17) is 4.42 Å². The highest BCUT2D eigenvalue weighted by atomic mass is 16.4. The average molecular weight is 298 g/mol. The maximum Gasteiger partial charge on any atom is 0.336 e. The second kappa shape index (κ2) is 5.58. The maximum absolute atomic E-state index is 12.0. The molecule has 0 atom stereocenters. The second-order valence-electron chi connectivity index (χ2n) is 5.43. The van der Waals surface area contributed by atoms with E-state index >= 15 is 0 Å². The predicted molar refractivity (Wildman–Crippen MR) is 95.4 cm³/mol. The Bertz CT molecular complexity index is 1070. The third-order valence-corrected chi connectivity index (χ3v) is 3.92. The van der Waals surface area contributed by atoms with Crippen molar-refractivity contribution in [1.29, 1.82) is 0 Å². The first kappa shape index (κ1) is 13.5. The van der Waals surface area contributed by atoms with E-state index in [1.54, 1.807) is 0 Å². The van der Waals surface area contributed by atoms with Crippen molar-refractivity contribution in [3.05, 3.63) is 94.3 Å². The van der Waals surface area contributed by atoms with Gasteiger partial charge in [0.2, 0.25) is 0 Å². The third-order valence-electron chi connectivity index (χ3n) is 3.92. The number of hydrogen-bond donors (Lipinski definition) is 0. The predicted octanol–water partition coefficient (Wildman–Crippen LogP) is 5.12. The molecule has 4 rings (SSSR count). The number of fused-ring (bicyclic) bond motifs is 3. The van der Waals surface area contributed by atoms with Gasteiger partial charge in [0.05, 0.1) is 0 Å². The molecule has 0 saturated heterocycles. The number of benzene rings is 3. The average Bonchev–Trinajstić information content (AvgIpc) is 2.60. The molecule has 0 saturated carbocycles. The lowest BCUT2D eigenvalue weighted by Crippen LogP contribution is -1.98. The molecule has 2 nitrogen and oxygen atoms in total. The summed E-state index contributed by atoms with van der Waals surface area (Å²) >= 11 is 0. The Morgan fingerprint density at radius 3 is 2.39 bits per heavy atom. The summed E-state index contributed by atoms with van der Waals surface area (Å²) in [5.41, 5.74) is 2.27. The Morgan fingerprint density at radius 1 is 0.739 bits per heavy atom. The Labute approximate surface area is 133 Å². The molecule has 0 unspecified atom stereocenters. The van der Waals surface area contributed by atoms with Crippen molar-refractivity contribution in [1.82, 2.24) is 0 Å². The molecule has 3 aromatic carbocycles. The van der Waals surface area contributed by atoms with Gasteiger partial charge in [0, 0.05) is 16.8 Å². The van der Waals surface area contributed by atoms with Crippen molar-refractivity contribution in [2.24, 2.45) is 0 Å². The highest BCUT2D eigenvalue weighted by molar-refractivity contribution is 6.06. The summed E-state index contributed by atoms with van der Waals surface area (Å²) in [4.78, 5) is 12.0. The molecule has 23 heavy (non-hydrogen) atoms. The molecule has 1 heterocycles. The van der Waals surface area contributed by atoms with Crippen molar-refractivity contribution in [3.8, 4) is 0 Å². The third kappa shape index (κ3) is 2.55. The zero-order chi connectivity index (χ0) is 15.6. The van der Waals surface area contributed by atoms with Crippen LogP contribution in [0.2, 0.25) is 0 Å². The Kier molecular flexibility index (Phi) is 3.28. The summed E-state index contributed by atoms with van der Waals surface area (Å²) < 4.78 is 5.48. The van der Waals surface area contributed by atoms with Crippen LogP contribution in [0.5, 0.6) is 0 Å². The standard InChI is InChI=1S/C21H14O2/c22-20-14-17(11-10-15-6-2-1-3-7-15)19-13-12-16-8-4-5-9-18(16)21(19)23-20/h1-14H/b11-10+. The summed E-state index contributed by atoms with van der Waals surface area (Å²) in [6.07, 6.45) is 3.97. The van der Waals surface area contributed by atoms with Crippen molar-refractivity contribution < 1.29 is 4.42 Å². The van der Waals surface area contributed by atoms with Crippen molar-refractivity contribution in [2.45, 2.75) is 0 Å². The van der Waals surface area contributed by atoms with Crippen LogP contribution in [0.3, 0.4) is 0 Å². The number of rotatable bonds is 2. The first-order valence-corrected chi connectivity index (χ1v) is 7.50. The fourth-order valence-corrected chi connectivity index (χ4v) is 2.80. The molecule has 4 aromatic rings. The van der Waals surface area contributed by atoms with Crippen LogP contribution in [0.4, 0.5) is 0 Å². The summed E-state index contributed by atoms with van der Waals surface area (Å²) in [7, 11) is 0. The molecule has 2 heteroatoms. The highest BCUT2D eigenvalue weighted by Crippen LogP contribution is 2.27. The molecular weight excluding hydrogens is 284 g/mol. The summed E-state index contributed by atoms with van der Waals surface area (Å²) in [6, 6.07) is 23.5. The first-order chi connectivity index (χ1) is 11.3. The van der Waals surface area contributed by atoms with Crippen LogP contribution in [0, 0.1) is 0 Å². The molecule has 0 bridgehead atoms. The van der Waals surface area contributed by atoms with Gasteiger partial charge in [0.15, 0.2) is 0 Å². The van der Waals surface area contributed by atoms with Gasteiger partial charge < -0.3 is 4.42 Å². The lowest BCUT2D eigenvalue weighted by molar-refractivity contribution is 0.564. The lowest BCUT2D eigenvalue weighted by atomic mass is 10.0. The van der Waals surface area contributed by atoms with Gasteiger partial charge in [0.25, 0.3) is 0 Å². The van der Waals surface area contributed by atoms with Crippen molar-refractivity contribution in [2.75, 3.05) is 0 Å². The maximum atomic E-state index is 12.0. The van der Waals surface area contributed by atoms with Gasteiger partial charge in [-0.25, -0.2) is 4.79 Å². The Morgan fingerprint density at radius 2 is 1.52 bits per heavy atom. The van der Waals surface area contributed by atoms with E-state index in [0.29, 0.717) is 5.58 Å². The molecule has 0 amide bonds. The molecular formula is C21H14O2. The monoisotopic (exact) mass is 298 g/mol. The van der Waals surface area contributed by atoms with Crippen LogP contribution in [0.15, 0.2) is 82.0 Å². The van der Waals surface area contributed by atoms with Crippen LogP contribution < -0.4 is 5.63 Å². The van der Waals surface area contributed by atoms with Gasteiger partial charge in [-0.05, 0) is 22.6 Å². The molecule has 0 spiro atoms. The van der Waals surface area contributed by atoms with E-state index < -0.39 is 0 Å². The minimum absolute atomic E-state index is 0.332. The van der Waals surface area contributed by atoms with Crippen LogP contribution in [-0.2, 0) is 0 Å². The summed E-state index contributed by atoms with van der Waals surface area (Å²) in [5.74, 6) is 0. The normalized spacial score (nSPS) is 11.5. The Balaban J connectivity index is 1.95. The molecule has 1 aromatic heterocycles. The zero-order valence-corrected chi connectivity index (χ0v) is 12.4. The van der Waals surface area contributed by atoms with Gasteiger partial charge in [-0.2, -0.15) is 0 Å². The van der Waals surface area contributed by atoms with E-state index in [2.05, 4.69) is 6.07 Å². The molecule has 0 aliphatic rings. The van der Waals surface area contributed by atoms with E-state index in [1.807, 2.05) is 72.8 Å². The SMILES string of the molecule is O=c1cc(/C=C/c2ccccc2)c2ccc3ccccc3c2o1. The smallest absolute Gasteiger partial charge is 0.336 e. The minimum Gasteiger partial charge on any atom is -0.422 e. The van der Waals surface area contributed by atoms with Crippen molar-refractivity contribution >= 4 is 33.9 Å². The minimum atomic E-state index is -0.332. The lowest BCUT2D eigenvalue weighted by Gasteiger charge is -2.05. The number of hydrogen-bond acceptors (Lipinski definition) is 2. The van der Waals surface area contributed by atoms with Crippen LogP contribution in [0.25, 0.3) is 33.9 Å². The fraction of sp³-hybridized carbons (Fsp3) is 0. The van der Waals surface area contributed by atoms with Crippen LogP contribution in [-0.4, -0.2) is 0 Å². The van der Waals surface area contributed by atoms with E-state index in [1.165, 1.54) is 6.07 Å². The molecule has 0 N–H and O–H groups in total. The van der Waals surface area contributed by atoms with Gasteiger partial charge in [-0.1, -0.05) is 72.8 Å². The molecule has 0 aliphatic heterocycles. The topological polar surface area (TPSA) is 30.2 Å². The fourth-order valence-electron chi connectivity index (χ4n) is 2.80. The molecule has 0 aliphatic carbocycles. The second-order valence-corrected chi connectivity index (χ2v) is 5.43. The van der Waals surface area contributed by atoms with E-state index in [-0.39, 0.29) is 5.63 Å². The summed E-state index contributed by atoms with van der Waals surface area (Å²) in [6.45, 7) is 0. The van der Waals surface area contributed by atoms with E-state index in [9.17, 15) is 4.79 Å².